The molecule has 1 saturated heterocycles. The number of fused-ring (bicyclic) bond motifs is 2. The second kappa shape index (κ2) is 11.6. The second-order valence-corrected chi connectivity index (χ2v) is 11.1. The molecule has 38 heavy (non-hydrogen) atoms. The quantitative estimate of drug-likeness (QED) is 0.438. The van der Waals surface area contributed by atoms with Gasteiger partial charge in [0.05, 0.1) is 6.61 Å². The predicted molar refractivity (Wildman–Crippen MR) is 144 cm³/mol. The zero-order valence-corrected chi connectivity index (χ0v) is 22.7. The molecule has 2 aliphatic heterocycles. The maximum absolute atomic E-state index is 13.0. The Morgan fingerprint density at radius 2 is 1.87 bits per heavy atom. The summed E-state index contributed by atoms with van der Waals surface area (Å²) in [5.41, 5.74) is 1.49. The first-order valence-electron chi connectivity index (χ1n) is 13.7. The van der Waals surface area contributed by atoms with Crippen molar-refractivity contribution in [3.8, 4) is 17.4 Å². The molecule has 2 aliphatic rings. The molecule has 1 aromatic carbocycles. The lowest BCUT2D eigenvalue weighted by Gasteiger charge is -2.39. The van der Waals surface area contributed by atoms with E-state index < -0.39 is 0 Å². The number of hydrogen-bond acceptors (Lipinski definition) is 7. The maximum Gasteiger partial charge on any atom is 0.276 e. The third kappa shape index (κ3) is 6.18. The zero-order chi connectivity index (χ0) is 26.5. The third-order valence-electron chi connectivity index (χ3n) is 7.59. The minimum absolute atomic E-state index is 0.0304. The number of aryl methyl sites for hydroxylation is 1. The van der Waals surface area contributed by atoms with Gasteiger partial charge < -0.3 is 18.9 Å². The molecule has 0 atom stereocenters. The summed E-state index contributed by atoms with van der Waals surface area (Å²) >= 11 is 0. The summed E-state index contributed by atoms with van der Waals surface area (Å²) in [6.45, 7) is 10.2. The Balaban J connectivity index is 1.33. The highest BCUT2D eigenvalue weighted by Gasteiger charge is 2.30. The van der Waals surface area contributed by atoms with E-state index in [1.54, 1.807) is 12.3 Å². The fraction of sp³-hybridized carbons (Fsp3) is 0.500. The zero-order valence-electron chi connectivity index (χ0n) is 22.7. The smallest absolute Gasteiger partial charge is 0.276 e. The largest absolute Gasteiger partial charge is 0.489 e. The summed E-state index contributed by atoms with van der Waals surface area (Å²) in [6.07, 6.45) is 6.44. The summed E-state index contributed by atoms with van der Waals surface area (Å²) in [7, 11) is 0. The molecule has 2 aromatic heterocycles. The van der Waals surface area contributed by atoms with Crippen molar-refractivity contribution in [2.75, 3.05) is 26.2 Å². The van der Waals surface area contributed by atoms with Gasteiger partial charge in [0.2, 0.25) is 5.88 Å². The summed E-state index contributed by atoms with van der Waals surface area (Å²) in [4.78, 5) is 22.0. The van der Waals surface area contributed by atoms with Gasteiger partial charge >= 0.3 is 0 Å². The van der Waals surface area contributed by atoms with Crippen molar-refractivity contribution < 1.29 is 18.8 Å². The van der Waals surface area contributed by atoms with Crippen molar-refractivity contribution in [3.05, 3.63) is 65.7 Å². The molecule has 0 N–H and O–H groups in total. The van der Waals surface area contributed by atoms with Crippen LogP contribution in [0.2, 0.25) is 0 Å². The number of benzene rings is 1. The highest BCUT2D eigenvalue weighted by atomic mass is 16.5. The molecule has 202 valence electrons. The van der Waals surface area contributed by atoms with E-state index >= 15 is 0 Å². The minimum atomic E-state index is -0.0415. The van der Waals surface area contributed by atoms with Crippen LogP contribution in [0.5, 0.6) is 17.4 Å². The van der Waals surface area contributed by atoms with E-state index in [0.29, 0.717) is 43.1 Å². The summed E-state index contributed by atoms with van der Waals surface area (Å²) < 4.78 is 17.8. The second-order valence-electron chi connectivity index (χ2n) is 11.1. The molecule has 1 amide bonds. The fourth-order valence-corrected chi connectivity index (χ4v) is 5.29. The number of nitrogens with zero attached hydrogens (tertiary/aromatic N) is 4. The lowest BCUT2D eigenvalue weighted by Crippen LogP contribution is -2.47. The molecule has 0 aliphatic carbocycles. The van der Waals surface area contributed by atoms with Crippen LogP contribution in [0.1, 0.15) is 68.3 Å². The van der Waals surface area contributed by atoms with Crippen molar-refractivity contribution in [2.45, 2.75) is 65.5 Å². The molecule has 0 radical (unpaired) electrons. The number of piperidine rings is 1. The van der Waals surface area contributed by atoms with E-state index in [1.165, 1.54) is 0 Å². The highest BCUT2D eigenvalue weighted by molar-refractivity contribution is 5.92. The van der Waals surface area contributed by atoms with Crippen LogP contribution < -0.4 is 9.47 Å². The van der Waals surface area contributed by atoms with Gasteiger partial charge in [0, 0.05) is 49.9 Å². The molecule has 4 heterocycles. The van der Waals surface area contributed by atoms with Crippen LogP contribution in [0.15, 0.2) is 53.2 Å². The summed E-state index contributed by atoms with van der Waals surface area (Å²) in [5, 5.41) is 3.98. The number of carbonyl (C=O) groups is 1. The van der Waals surface area contributed by atoms with Crippen LogP contribution in [-0.4, -0.2) is 58.1 Å². The van der Waals surface area contributed by atoms with E-state index in [1.807, 2.05) is 42.2 Å². The van der Waals surface area contributed by atoms with Crippen molar-refractivity contribution in [1.82, 2.24) is 19.9 Å². The van der Waals surface area contributed by atoms with Gasteiger partial charge in [-0.25, -0.2) is 4.98 Å². The average Bonchev–Trinajstić information content (AvgIpc) is 3.42. The number of aromatic nitrogens is 2. The van der Waals surface area contributed by atoms with E-state index in [0.717, 1.165) is 62.3 Å². The molecule has 0 saturated carbocycles. The number of ether oxygens (including phenoxy) is 2. The molecule has 0 unspecified atom stereocenters. The highest BCUT2D eigenvalue weighted by Crippen LogP contribution is 2.35. The molecule has 8 nitrogen and oxygen atoms in total. The van der Waals surface area contributed by atoms with Crippen molar-refractivity contribution in [2.24, 2.45) is 5.41 Å². The van der Waals surface area contributed by atoms with Gasteiger partial charge in [0.25, 0.3) is 5.91 Å². The van der Waals surface area contributed by atoms with E-state index in [-0.39, 0.29) is 11.3 Å². The molecule has 1 fully saturated rings. The van der Waals surface area contributed by atoms with Crippen LogP contribution in [0.3, 0.4) is 0 Å². The SMILES string of the molecule is CCc1cc(C(=O)N2CCC(N3CCCC(C)(C)COc4ccccc4Oc4ncccc4C3)CC2)no1. The average molecular weight is 519 g/mol. The molecule has 8 heteroatoms. The fourth-order valence-electron chi connectivity index (χ4n) is 5.29. The van der Waals surface area contributed by atoms with Gasteiger partial charge in [-0.2, -0.15) is 0 Å². The van der Waals surface area contributed by atoms with Crippen LogP contribution in [0.4, 0.5) is 0 Å². The number of hydrogen-bond donors (Lipinski definition) is 0. The normalized spacial score (nSPS) is 19.1. The van der Waals surface area contributed by atoms with Crippen molar-refractivity contribution >= 4 is 5.91 Å². The van der Waals surface area contributed by atoms with Gasteiger partial charge in [-0.15, -0.1) is 0 Å². The number of carbonyl (C=O) groups excluding carboxylic acids is 1. The molecular formula is C30H38N4O4. The minimum Gasteiger partial charge on any atom is -0.489 e. The first kappa shape index (κ1) is 26.2. The van der Waals surface area contributed by atoms with Gasteiger partial charge in [-0.05, 0) is 55.8 Å². The monoisotopic (exact) mass is 518 g/mol. The molecule has 5 rings (SSSR count). The molecule has 0 spiro atoms. The molecule has 3 aromatic rings. The Morgan fingerprint density at radius 3 is 2.63 bits per heavy atom. The Hall–Kier alpha value is -3.39. The number of likely N-dealkylation sites (tertiary alicyclic amines) is 1. The Labute approximate surface area is 224 Å². The van der Waals surface area contributed by atoms with Gasteiger partial charge in [-0.1, -0.05) is 44.1 Å². The predicted octanol–water partition coefficient (Wildman–Crippen LogP) is 5.73. The van der Waals surface area contributed by atoms with E-state index in [9.17, 15) is 4.79 Å². The first-order chi connectivity index (χ1) is 18.4. The van der Waals surface area contributed by atoms with Gasteiger partial charge in [0.15, 0.2) is 17.2 Å². The topological polar surface area (TPSA) is 80.9 Å². The number of para-hydroxylation sites is 2. The summed E-state index contributed by atoms with van der Waals surface area (Å²) in [6, 6.07) is 14.0. The maximum atomic E-state index is 13.0. The van der Waals surface area contributed by atoms with Crippen LogP contribution in [0, 0.1) is 5.41 Å². The lowest BCUT2D eigenvalue weighted by atomic mass is 9.88. The van der Waals surface area contributed by atoms with Crippen LogP contribution in [-0.2, 0) is 13.0 Å². The van der Waals surface area contributed by atoms with E-state index in [2.05, 4.69) is 35.0 Å². The van der Waals surface area contributed by atoms with Crippen LogP contribution in [0.25, 0.3) is 0 Å². The van der Waals surface area contributed by atoms with Crippen LogP contribution >= 0.6 is 0 Å². The van der Waals surface area contributed by atoms with Gasteiger partial charge in [0.1, 0.15) is 5.76 Å². The van der Waals surface area contributed by atoms with Crippen molar-refractivity contribution in [1.29, 1.82) is 0 Å². The summed E-state index contributed by atoms with van der Waals surface area (Å²) in [5.74, 6) is 2.73. The molecule has 0 bridgehead atoms. The number of rotatable bonds is 3. The van der Waals surface area contributed by atoms with Crippen molar-refractivity contribution in [3.63, 3.8) is 0 Å². The standard InChI is InChI=1S/C30H38N4O4/c1-4-24-19-25(32-38-24)29(35)33-17-12-23(13-18-33)34-16-8-14-30(2,3)21-36-26-10-5-6-11-27(26)37-28-22(20-34)9-7-15-31-28/h5-7,9-11,15,19,23H,4,8,12-14,16-18,20-21H2,1-3H3. The first-order valence-corrected chi connectivity index (χ1v) is 13.7. The Bertz CT molecular complexity index is 1230. The van der Waals surface area contributed by atoms with Gasteiger partial charge in [-0.3, -0.25) is 9.69 Å². The Morgan fingerprint density at radius 1 is 1.08 bits per heavy atom. The third-order valence-corrected chi connectivity index (χ3v) is 7.59. The number of pyridine rings is 1. The van der Waals surface area contributed by atoms with E-state index in [4.69, 9.17) is 14.0 Å². The Kier molecular flexibility index (Phi) is 7.98. The lowest BCUT2D eigenvalue weighted by molar-refractivity contribution is 0.0585. The molecular weight excluding hydrogens is 480 g/mol. The number of amides is 1.